The molecule has 0 saturated heterocycles. The average Bonchev–Trinajstić information content (AvgIpc) is 3.20. The first-order valence-electron chi connectivity index (χ1n) is 9.19. The van der Waals surface area contributed by atoms with Gasteiger partial charge in [-0.25, -0.2) is 0 Å². The number of fused-ring (bicyclic) bond motifs is 2. The third-order valence-electron chi connectivity index (χ3n) is 5.25. The molecule has 1 atom stereocenters. The van der Waals surface area contributed by atoms with Crippen LogP contribution < -0.4 is 18.9 Å². The Morgan fingerprint density at radius 3 is 2.55 bits per heavy atom. The summed E-state index contributed by atoms with van der Waals surface area (Å²) in [4.78, 5) is 26.4. The number of ether oxygens (including phenoxy) is 4. The lowest BCUT2D eigenvalue weighted by Gasteiger charge is -2.37. The second-order valence-corrected chi connectivity index (χ2v) is 6.84. The van der Waals surface area contributed by atoms with Gasteiger partial charge in [0.25, 0.3) is 5.91 Å². The number of hydrogen-bond acceptors (Lipinski definition) is 6. The molecule has 29 heavy (non-hydrogen) atoms. The maximum atomic E-state index is 13.3. The molecule has 0 aromatic heterocycles. The van der Waals surface area contributed by atoms with Gasteiger partial charge >= 0.3 is 5.97 Å². The minimum absolute atomic E-state index is 0.118. The van der Waals surface area contributed by atoms with Crippen LogP contribution in [0.1, 0.15) is 33.9 Å². The Hall–Kier alpha value is -3.42. The zero-order valence-corrected chi connectivity index (χ0v) is 16.1. The standard InChI is InChI=1S/C21H21NO7/c1-26-17-7-12-5-6-22(15(10-20(23)24)14(12)9-18(17)27-2)21(25)13-3-4-16-19(8-13)29-11-28-16/h3-4,7-9,15H,5-6,10-11H2,1-2H3,(H,23,24). The van der Waals surface area contributed by atoms with Crippen molar-refractivity contribution in [3.8, 4) is 23.0 Å². The fourth-order valence-corrected chi connectivity index (χ4v) is 3.85. The van der Waals surface area contributed by atoms with E-state index in [9.17, 15) is 14.7 Å². The molecule has 2 aliphatic rings. The number of aliphatic carboxylic acids is 1. The van der Waals surface area contributed by atoms with Crippen LogP contribution in [0.3, 0.4) is 0 Å². The van der Waals surface area contributed by atoms with Crippen molar-refractivity contribution in [2.45, 2.75) is 18.9 Å². The fraction of sp³-hybridized carbons (Fsp3) is 0.333. The molecule has 152 valence electrons. The number of methoxy groups -OCH3 is 2. The van der Waals surface area contributed by atoms with E-state index in [1.807, 2.05) is 6.07 Å². The summed E-state index contributed by atoms with van der Waals surface area (Å²) in [7, 11) is 3.08. The van der Waals surface area contributed by atoms with Crippen LogP contribution in [0, 0.1) is 0 Å². The molecule has 0 fully saturated rings. The van der Waals surface area contributed by atoms with Gasteiger partial charge in [0.1, 0.15) is 0 Å². The summed E-state index contributed by atoms with van der Waals surface area (Å²) < 4.78 is 21.4. The van der Waals surface area contributed by atoms with Crippen molar-refractivity contribution in [3.05, 3.63) is 47.0 Å². The SMILES string of the molecule is COc1cc2c(cc1OC)C(CC(=O)O)N(C(=O)c1ccc3c(c1)OCO3)CC2. The highest BCUT2D eigenvalue weighted by Gasteiger charge is 2.34. The van der Waals surface area contributed by atoms with Gasteiger partial charge in [0.05, 0.1) is 26.7 Å². The lowest BCUT2D eigenvalue weighted by atomic mass is 9.89. The Morgan fingerprint density at radius 1 is 1.10 bits per heavy atom. The summed E-state index contributed by atoms with van der Waals surface area (Å²) in [5.74, 6) is 0.935. The number of amides is 1. The number of hydrogen-bond donors (Lipinski definition) is 1. The summed E-state index contributed by atoms with van der Waals surface area (Å²) >= 11 is 0. The van der Waals surface area contributed by atoms with Crippen LogP contribution in [0.15, 0.2) is 30.3 Å². The van der Waals surface area contributed by atoms with Crippen molar-refractivity contribution in [2.24, 2.45) is 0 Å². The van der Waals surface area contributed by atoms with Crippen LogP contribution in [0.2, 0.25) is 0 Å². The first-order valence-corrected chi connectivity index (χ1v) is 9.19. The molecule has 1 N–H and O–H groups in total. The lowest BCUT2D eigenvalue weighted by molar-refractivity contribution is -0.138. The zero-order valence-electron chi connectivity index (χ0n) is 16.1. The quantitative estimate of drug-likeness (QED) is 0.826. The summed E-state index contributed by atoms with van der Waals surface area (Å²) in [5, 5.41) is 9.49. The molecular formula is C21H21NO7. The fourth-order valence-electron chi connectivity index (χ4n) is 3.85. The largest absolute Gasteiger partial charge is 0.493 e. The minimum Gasteiger partial charge on any atom is -0.493 e. The number of carboxylic acid groups (broad SMARTS) is 1. The number of carbonyl (C=O) groups excluding carboxylic acids is 1. The van der Waals surface area contributed by atoms with Gasteiger partial charge in [-0.2, -0.15) is 0 Å². The molecule has 0 aliphatic carbocycles. The van der Waals surface area contributed by atoms with E-state index in [4.69, 9.17) is 18.9 Å². The molecule has 2 aromatic rings. The molecule has 1 amide bonds. The second kappa shape index (κ2) is 7.54. The van der Waals surface area contributed by atoms with Crippen LogP contribution in [0.4, 0.5) is 0 Å². The third kappa shape index (κ3) is 3.41. The van der Waals surface area contributed by atoms with Crippen LogP contribution in [-0.4, -0.2) is 49.4 Å². The Labute approximate surface area is 167 Å². The van der Waals surface area contributed by atoms with Crippen LogP contribution >= 0.6 is 0 Å². The lowest BCUT2D eigenvalue weighted by Crippen LogP contribution is -2.41. The second-order valence-electron chi connectivity index (χ2n) is 6.84. The van der Waals surface area contributed by atoms with Gasteiger partial charge in [0, 0.05) is 12.1 Å². The molecule has 0 bridgehead atoms. The third-order valence-corrected chi connectivity index (χ3v) is 5.25. The highest BCUT2D eigenvalue weighted by molar-refractivity contribution is 5.95. The average molecular weight is 399 g/mol. The van der Waals surface area contributed by atoms with Crippen molar-refractivity contribution >= 4 is 11.9 Å². The monoisotopic (exact) mass is 399 g/mol. The number of nitrogens with zero attached hydrogens (tertiary/aromatic N) is 1. The van der Waals surface area contributed by atoms with Gasteiger partial charge in [-0.1, -0.05) is 0 Å². The van der Waals surface area contributed by atoms with Crippen LogP contribution in [0.25, 0.3) is 0 Å². The van der Waals surface area contributed by atoms with Crippen molar-refractivity contribution in [2.75, 3.05) is 27.6 Å². The molecule has 4 rings (SSSR count). The van der Waals surface area contributed by atoms with E-state index in [1.54, 1.807) is 36.3 Å². The maximum Gasteiger partial charge on any atom is 0.305 e. The van der Waals surface area contributed by atoms with E-state index in [0.29, 0.717) is 41.5 Å². The van der Waals surface area contributed by atoms with E-state index >= 15 is 0 Å². The Kier molecular flexibility index (Phi) is 4.92. The molecular weight excluding hydrogens is 378 g/mol. The molecule has 0 saturated carbocycles. The topological polar surface area (TPSA) is 94.5 Å². The minimum atomic E-state index is -0.985. The molecule has 1 unspecified atom stereocenters. The van der Waals surface area contributed by atoms with Crippen molar-refractivity contribution in [3.63, 3.8) is 0 Å². The maximum absolute atomic E-state index is 13.3. The highest BCUT2D eigenvalue weighted by atomic mass is 16.7. The first kappa shape index (κ1) is 18.9. The number of carboxylic acids is 1. The molecule has 8 heteroatoms. The molecule has 0 radical (unpaired) electrons. The van der Waals surface area contributed by atoms with E-state index in [1.165, 1.54) is 7.11 Å². The van der Waals surface area contributed by atoms with Gasteiger partial charge in [-0.3, -0.25) is 9.59 Å². The Morgan fingerprint density at radius 2 is 1.83 bits per heavy atom. The molecule has 0 spiro atoms. The highest BCUT2D eigenvalue weighted by Crippen LogP contribution is 2.40. The summed E-state index contributed by atoms with van der Waals surface area (Å²) in [5.41, 5.74) is 2.13. The number of rotatable bonds is 5. The molecule has 2 aromatic carbocycles. The van der Waals surface area contributed by atoms with E-state index in [2.05, 4.69) is 0 Å². The van der Waals surface area contributed by atoms with Gasteiger partial charge < -0.3 is 29.0 Å². The molecule has 2 aliphatic heterocycles. The predicted molar refractivity (Wildman–Crippen MR) is 102 cm³/mol. The summed E-state index contributed by atoms with van der Waals surface area (Å²) in [6, 6.07) is 7.98. The van der Waals surface area contributed by atoms with Crippen LogP contribution in [-0.2, 0) is 11.2 Å². The van der Waals surface area contributed by atoms with Gasteiger partial charge in [-0.15, -0.1) is 0 Å². The van der Waals surface area contributed by atoms with E-state index in [0.717, 1.165) is 11.1 Å². The Bertz CT molecular complexity index is 972. The van der Waals surface area contributed by atoms with Crippen molar-refractivity contribution in [1.29, 1.82) is 0 Å². The number of carbonyl (C=O) groups is 2. The van der Waals surface area contributed by atoms with Gasteiger partial charge in [0.2, 0.25) is 6.79 Å². The van der Waals surface area contributed by atoms with Crippen molar-refractivity contribution < 1.29 is 33.6 Å². The normalized spacial score (nSPS) is 16.9. The molecule has 2 heterocycles. The van der Waals surface area contributed by atoms with Gasteiger partial charge in [0.15, 0.2) is 23.0 Å². The first-order chi connectivity index (χ1) is 14.0. The predicted octanol–water partition coefficient (Wildman–Crippen LogP) is 2.65. The van der Waals surface area contributed by atoms with E-state index in [-0.39, 0.29) is 19.1 Å². The zero-order chi connectivity index (χ0) is 20.5. The number of benzene rings is 2. The molecule has 8 nitrogen and oxygen atoms in total. The van der Waals surface area contributed by atoms with Gasteiger partial charge in [-0.05, 0) is 47.9 Å². The summed E-state index contributed by atoms with van der Waals surface area (Å²) in [6.45, 7) is 0.515. The van der Waals surface area contributed by atoms with Crippen LogP contribution in [0.5, 0.6) is 23.0 Å². The smallest absolute Gasteiger partial charge is 0.305 e. The summed E-state index contributed by atoms with van der Waals surface area (Å²) in [6.07, 6.45) is 0.376. The van der Waals surface area contributed by atoms with Crippen molar-refractivity contribution in [1.82, 2.24) is 4.90 Å². The Balaban J connectivity index is 1.72. The van der Waals surface area contributed by atoms with E-state index < -0.39 is 12.0 Å².